The Balaban J connectivity index is 1.50. The smallest absolute Gasteiger partial charge is 0.276 e. The standard InChI is InChI=1S/C27H25F2N3O5/c1-16-9-10-36-22-14-31-13-20(26(34)30-12-18-7-8-19(28)11-21(18)29)24(33)25(23(31)27(35)32(16)22)37-15-17-5-3-2-4-6-17/h2-8,11,13,16,22H,9-10,12,14-15H2,1H3,(H,30,34)/t16-,22+/m1/s1. The van der Waals surface area contributed by atoms with Gasteiger partial charge in [0.2, 0.25) is 5.43 Å². The average Bonchev–Trinajstić information content (AvgIpc) is 2.88. The van der Waals surface area contributed by atoms with E-state index >= 15 is 0 Å². The van der Waals surface area contributed by atoms with Gasteiger partial charge in [0.05, 0.1) is 13.2 Å². The maximum Gasteiger partial charge on any atom is 0.276 e. The quantitative estimate of drug-likeness (QED) is 0.551. The third-order valence-corrected chi connectivity index (χ3v) is 6.58. The van der Waals surface area contributed by atoms with Gasteiger partial charge in [-0.1, -0.05) is 36.4 Å². The molecule has 2 atom stereocenters. The van der Waals surface area contributed by atoms with Gasteiger partial charge in [0, 0.05) is 30.4 Å². The number of amides is 2. The van der Waals surface area contributed by atoms with E-state index < -0.39 is 35.1 Å². The number of hydrogen-bond acceptors (Lipinski definition) is 5. The molecule has 0 unspecified atom stereocenters. The van der Waals surface area contributed by atoms with Crippen molar-refractivity contribution < 1.29 is 27.8 Å². The summed E-state index contributed by atoms with van der Waals surface area (Å²) < 4.78 is 40.4. The van der Waals surface area contributed by atoms with E-state index in [1.165, 1.54) is 16.8 Å². The van der Waals surface area contributed by atoms with Crippen molar-refractivity contribution in [2.45, 2.75) is 45.3 Å². The highest BCUT2D eigenvalue weighted by Gasteiger charge is 2.41. The van der Waals surface area contributed by atoms with Gasteiger partial charge in [0.25, 0.3) is 11.8 Å². The van der Waals surface area contributed by atoms with Crippen LogP contribution in [0.15, 0.2) is 59.5 Å². The lowest BCUT2D eigenvalue weighted by molar-refractivity contribution is -0.112. The van der Waals surface area contributed by atoms with Crippen LogP contribution in [0.3, 0.4) is 0 Å². The van der Waals surface area contributed by atoms with Gasteiger partial charge in [-0.05, 0) is 25.0 Å². The molecule has 3 aromatic rings. The first-order valence-corrected chi connectivity index (χ1v) is 11.9. The minimum absolute atomic E-state index is 0.0116. The van der Waals surface area contributed by atoms with Gasteiger partial charge in [0.15, 0.2) is 17.7 Å². The molecule has 1 aromatic heterocycles. The molecule has 1 N–H and O–H groups in total. The largest absolute Gasteiger partial charge is 0.483 e. The monoisotopic (exact) mass is 509 g/mol. The summed E-state index contributed by atoms with van der Waals surface area (Å²) in [5.74, 6) is -2.97. The third-order valence-electron chi connectivity index (χ3n) is 6.58. The van der Waals surface area contributed by atoms with Crippen LogP contribution in [0.1, 0.15) is 45.3 Å². The number of carbonyl (C=O) groups is 2. The molecule has 2 aromatic carbocycles. The second-order valence-electron chi connectivity index (χ2n) is 9.07. The maximum absolute atomic E-state index is 14.0. The molecule has 37 heavy (non-hydrogen) atoms. The molecule has 2 aliphatic rings. The first kappa shape index (κ1) is 24.6. The lowest BCUT2D eigenvalue weighted by Gasteiger charge is -2.44. The molecule has 0 saturated carbocycles. The molecule has 8 nitrogen and oxygen atoms in total. The van der Waals surface area contributed by atoms with Crippen LogP contribution < -0.4 is 15.5 Å². The second kappa shape index (κ2) is 10.1. The van der Waals surface area contributed by atoms with Crippen LogP contribution in [0.2, 0.25) is 0 Å². The minimum atomic E-state index is -0.816. The maximum atomic E-state index is 14.0. The van der Waals surface area contributed by atoms with Gasteiger partial charge in [0.1, 0.15) is 23.8 Å². The van der Waals surface area contributed by atoms with Crippen molar-refractivity contribution >= 4 is 11.8 Å². The predicted molar refractivity (Wildman–Crippen MR) is 129 cm³/mol. The zero-order valence-electron chi connectivity index (χ0n) is 20.1. The van der Waals surface area contributed by atoms with E-state index in [1.54, 1.807) is 4.90 Å². The third kappa shape index (κ3) is 4.84. The Bertz CT molecular complexity index is 1410. The molecule has 10 heteroatoms. The average molecular weight is 510 g/mol. The van der Waals surface area contributed by atoms with Crippen molar-refractivity contribution in [3.05, 3.63) is 99.0 Å². The minimum Gasteiger partial charge on any atom is -0.483 e. The zero-order valence-corrected chi connectivity index (χ0v) is 20.1. The summed E-state index contributed by atoms with van der Waals surface area (Å²) in [7, 11) is 0. The molecule has 5 rings (SSSR count). The number of rotatable bonds is 6. The Morgan fingerprint density at radius 2 is 1.95 bits per heavy atom. The van der Waals surface area contributed by atoms with Crippen LogP contribution in [0.4, 0.5) is 8.78 Å². The highest BCUT2D eigenvalue weighted by molar-refractivity contribution is 5.99. The van der Waals surface area contributed by atoms with Crippen LogP contribution in [0, 0.1) is 11.6 Å². The van der Waals surface area contributed by atoms with E-state index in [-0.39, 0.29) is 48.3 Å². The van der Waals surface area contributed by atoms with Crippen molar-refractivity contribution in [3.63, 3.8) is 0 Å². The molecular weight excluding hydrogens is 484 g/mol. The van der Waals surface area contributed by atoms with Crippen molar-refractivity contribution in [3.8, 4) is 5.75 Å². The number of fused-ring (bicyclic) bond motifs is 2. The lowest BCUT2D eigenvalue weighted by Crippen LogP contribution is -2.57. The van der Waals surface area contributed by atoms with E-state index in [9.17, 15) is 23.2 Å². The normalized spacial score (nSPS) is 18.7. The Morgan fingerprint density at radius 3 is 2.70 bits per heavy atom. The second-order valence-corrected chi connectivity index (χ2v) is 9.07. The van der Waals surface area contributed by atoms with Crippen molar-refractivity contribution in [1.82, 2.24) is 14.8 Å². The van der Waals surface area contributed by atoms with Gasteiger partial charge in [-0.15, -0.1) is 0 Å². The molecule has 1 fully saturated rings. The van der Waals surface area contributed by atoms with Gasteiger partial charge >= 0.3 is 0 Å². The van der Waals surface area contributed by atoms with Crippen LogP contribution in [-0.4, -0.2) is 40.2 Å². The fraction of sp³-hybridized carbons (Fsp3) is 0.296. The van der Waals surface area contributed by atoms with Gasteiger partial charge in [-0.3, -0.25) is 14.4 Å². The topological polar surface area (TPSA) is 89.9 Å². The molecule has 0 radical (unpaired) electrons. The number of ether oxygens (including phenoxy) is 2. The van der Waals surface area contributed by atoms with Gasteiger partial charge in [-0.2, -0.15) is 0 Å². The van der Waals surface area contributed by atoms with Gasteiger partial charge in [-0.25, -0.2) is 8.78 Å². The molecule has 0 bridgehead atoms. The Morgan fingerprint density at radius 1 is 1.16 bits per heavy atom. The van der Waals surface area contributed by atoms with E-state index in [0.717, 1.165) is 11.6 Å². The SMILES string of the molecule is C[C@@H]1CCO[C@H]2Cn3cc(C(=O)NCc4ccc(F)cc4F)c(=O)c(OCc4ccccc4)c3C(=O)N12. The Labute approximate surface area is 211 Å². The summed E-state index contributed by atoms with van der Waals surface area (Å²) in [6, 6.07) is 12.0. The Hall–Kier alpha value is -4.05. The number of hydrogen-bond donors (Lipinski definition) is 1. The summed E-state index contributed by atoms with van der Waals surface area (Å²) >= 11 is 0. The van der Waals surface area contributed by atoms with E-state index in [4.69, 9.17) is 9.47 Å². The van der Waals surface area contributed by atoms with Crippen LogP contribution in [-0.2, 0) is 24.4 Å². The summed E-state index contributed by atoms with van der Waals surface area (Å²) in [6.45, 7) is 2.36. The van der Waals surface area contributed by atoms with E-state index in [0.29, 0.717) is 19.1 Å². The molecule has 192 valence electrons. The predicted octanol–water partition coefficient (Wildman–Crippen LogP) is 3.23. The number of aromatic nitrogens is 1. The molecule has 2 aliphatic heterocycles. The molecule has 2 amide bonds. The number of carbonyl (C=O) groups excluding carboxylic acids is 2. The first-order chi connectivity index (χ1) is 17.8. The van der Waals surface area contributed by atoms with Crippen LogP contribution in [0.25, 0.3) is 0 Å². The summed E-state index contributed by atoms with van der Waals surface area (Å²) in [4.78, 5) is 41.7. The highest BCUT2D eigenvalue weighted by atomic mass is 19.1. The molecule has 0 aliphatic carbocycles. The van der Waals surface area contributed by atoms with E-state index in [1.807, 2.05) is 37.3 Å². The highest BCUT2D eigenvalue weighted by Crippen LogP contribution is 2.30. The number of nitrogens with one attached hydrogen (secondary N) is 1. The number of pyridine rings is 1. The van der Waals surface area contributed by atoms with Gasteiger partial charge < -0.3 is 24.3 Å². The Kier molecular flexibility index (Phi) is 6.75. The summed E-state index contributed by atoms with van der Waals surface area (Å²) in [5, 5.41) is 2.50. The van der Waals surface area contributed by atoms with Crippen molar-refractivity contribution in [2.24, 2.45) is 0 Å². The molecule has 1 saturated heterocycles. The first-order valence-electron chi connectivity index (χ1n) is 11.9. The molecular formula is C27H25F2N3O5. The summed E-state index contributed by atoms with van der Waals surface area (Å²) in [5.41, 5.74) is -0.131. The molecule has 0 spiro atoms. The lowest BCUT2D eigenvalue weighted by atomic mass is 10.1. The number of benzene rings is 2. The fourth-order valence-corrected chi connectivity index (χ4v) is 4.60. The van der Waals surface area contributed by atoms with Crippen LogP contribution in [0.5, 0.6) is 5.75 Å². The fourth-order valence-electron chi connectivity index (χ4n) is 4.60. The van der Waals surface area contributed by atoms with Crippen molar-refractivity contribution in [2.75, 3.05) is 6.61 Å². The van der Waals surface area contributed by atoms with E-state index in [2.05, 4.69) is 5.32 Å². The summed E-state index contributed by atoms with van der Waals surface area (Å²) in [6.07, 6.45) is 1.42. The van der Waals surface area contributed by atoms with Crippen LogP contribution >= 0.6 is 0 Å². The van der Waals surface area contributed by atoms with Crippen molar-refractivity contribution in [1.29, 1.82) is 0 Å². The number of halogens is 2. The molecule has 3 heterocycles. The zero-order chi connectivity index (χ0) is 26.1. The number of nitrogens with zero attached hydrogens (tertiary/aromatic N) is 2.